The van der Waals surface area contributed by atoms with Crippen LogP contribution in [0.2, 0.25) is 10.0 Å². The predicted molar refractivity (Wildman–Crippen MR) is 76.1 cm³/mol. The summed E-state index contributed by atoms with van der Waals surface area (Å²) in [5.41, 5.74) is 8.24. The van der Waals surface area contributed by atoms with Gasteiger partial charge in [0.1, 0.15) is 0 Å². The van der Waals surface area contributed by atoms with Crippen LogP contribution in [0.1, 0.15) is 11.1 Å². The monoisotopic (exact) mass is 280 g/mol. The van der Waals surface area contributed by atoms with E-state index in [1.807, 2.05) is 24.4 Å². The molecule has 0 radical (unpaired) electrons. The maximum absolute atomic E-state index is 6.13. The molecule has 1 heterocycles. The highest BCUT2D eigenvalue weighted by Gasteiger charge is 2.09. The molecule has 0 saturated carbocycles. The molecule has 0 amide bonds. The lowest BCUT2D eigenvalue weighted by Crippen LogP contribution is -2.25. The van der Waals surface area contributed by atoms with Crippen LogP contribution in [0.3, 0.4) is 0 Å². The van der Waals surface area contributed by atoms with Gasteiger partial charge < -0.3 is 5.73 Å². The van der Waals surface area contributed by atoms with Crippen molar-refractivity contribution in [1.82, 2.24) is 4.98 Å². The van der Waals surface area contributed by atoms with E-state index >= 15 is 0 Å². The molecule has 94 valence electrons. The largest absolute Gasteiger partial charge is 0.327 e. The summed E-state index contributed by atoms with van der Waals surface area (Å²) in [5.74, 6) is 0. The first-order valence-corrected chi connectivity index (χ1v) is 6.49. The number of benzene rings is 1. The first kappa shape index (κ1) is 13.3. The lowest BCUT2D eigenvalue weighted by molar-refractivity contribution is 0.663. The minimum atomic E-state index is 0.00478. The van der Waals surface area contributed by atoms with Gasteiger partial charge in [-0.3, -0.25) is 4.98 Å². The minimum Gasteiger partial charge on any atom is -0.327 e. The van der Waals surface area contributed by atoms with Crippen LogP contribution in [0, 0.1) is 0 Å². The van der Waals surface area contributed by atoms with Gasteiger partial charge in [-0.15, -0.1) is 0 Å². The SMILES string of the molecule is NC(Cc1cccnc1)Cc1cc(Cl)ccc1Cl. The molecule has 0 spiro atoms. The van der Waals surface area contributed by atoms with Crippen molar-refractivity contribution in [2.75, 3.05) is 0 Å². The second-order valence-corrected chi connectivity index (χ2v) is 5.11. The number of nitrogens with two attached hydrogens (primary N) is 1. The normalized spacial score (nSPS) is 12.4. The Bertz CT molecular complexity index is 514. The Morgan fingerprint density at radius 2 is 2.00 bits per heavy atom. The molecule has 1 aromatic heterocycles. The van der Waals surface area contributed by atoms with E-state index in [-0.39, 0.29) is 6.04 Å². The summed E-state index contributed by atoms with van der Waals surface area (Å²) in [6, 6.07) is 9.38. The van der Waals surface area contributed by atoms with Crippen LogP contribution < -0.4 is 5.73 Å². The quantitative estimate of drug-likeness (QED) is 0.931. The molecule has 1 unspecified atom stereocenters. The summed E-state index contributed by atoms with van der Waals surface area (Å²) in [6.45, 7) is 0. The Labute approximate surface area is 117 Å². The standard InChI is InChI=1S/C14H14Cl2N2/c15-12-3-4-14(16)11(7-12)8-13(17)6-10-2-1-5-18-9-10/h1-5,7,9,13H,6,8,17H2. The molecule has 0 aliphatic carbocycles. The average Bonchev–Trinajstić information content (AvgIpc) is 2.35. The minimum absolute atomic E-state index is 0.00478. The van der Waals surface area contributed by atoms with Crippen LogP contribution >= 0.6 is 23.2 Å². The number of aromatic nitrogens is 1. The highest BCUT2D eigenvalue weighted by atomic mass is 35.5. The number of hydrogen-bond acceptors (Lipinski definition) is 2. The van der Waals surface area contributed by atoms with Crippen LogP contribution in [0.4, 0.5) is 0 Å². The first-order valence-electron chi connectivity index (χ1n) is 5.73. The van der Waals surface area contributed by atoms with Crippen LogP contribution in [0.15, 0.2) is 42.7 Å². The zero-order chi connectivity index (χ0) is 13.0. The number of halogens is 2. The highest BCUT2D eigenvalue weighted by molar-refractivity contribution is 6.33. The van der Waals surface area contributed by atoms with E-state index < -0.39 is 0 Å². The molecule has 0 bridgehead atoms. The lowest BCUT2D eigenvalue weighted by Gasteiger charge is -2.13. The van der Waals surface area contributed by atoms with Crippen LogP contribution in [0.25, 0.3) is 0 Å². The summed E-state index contributed by atoms with van der Waals surface area (Å²) in [7, 11) is 0. The zero-order valence-corrected chi connectivity index (χ0v) is 11.3. The third-order valence-corrected chi connectivity index (χ3v) is 3.31. The molecule has 2 aromatic rings. The summed E-state index contributed by atoms with van der Waals surface area (Å²) in [5, 5.41) is 1.39. The Kier molecular flexibility index (Phi) is 4.59. The van der Waals surface area contributed by atoms with E-state index in [1.54, 1.807) is 18.3 Å². The predicted octanol–water partition coefficient (Wildman–Crippen LogP) is 3.50. The molecule has 0 aliphatic rings. The molecular formula is C14H14Cl2N2. The Balaban J connectivity index is 2.03. The van der Waals surface area contributed by atoms with Crippen LogP contribution in [-0.2, 0) is 12.8 Å². The average molecular weight is 281 g/mol. The Hall–Kier alpha value is -1.09. The van der Waals surface area contributed by atoms with Gasteiger partial charge in [0.2, 0.25) is 0 Å². The van der Waals surface area contributed by atoms with Gasteiger partial charge in [-0.1, -0.05) is 29.3 Å². The van der Waals surface area contributed by atoms with Gasteiger partial charge in [0.25, 0.3) is 0 Å². The molecule has 2 N–H and O–H groups in total. The molecule has 1 atom stereocenters. The molecule has 0 saturated heterocycles. The van der Waals surface area contributed by atoms with E-state index in [0.29, 0.717) is 16.5 Å². The molecule has 1 aromatic carbocycles. The van der Waals surface area contributed by atoms with Gasteiger partial charge in [0.05, 0.1) is 0 Å². The Morgan fingerprint density at radius 3 is 2.72 bits per heavy atom. The second kappa shape index (κ2) is 6.19. The van der Waals surface area contributed by atoms with E-state index in [1.165, 1.54) is 0 Å². The molecule has 18 heavy (non-hydrogen) atoms. The van der Waals surface area contributed by atoms with E-state index in [2.05, 4.69) is 4.98 Å². The molecular weight excluding hydrogens is 267 g/mol. The second-order valence-electron chi connectivity index (χ2n) is 4.27. The van der Waals surface area contributed by atoms with E-state index in [0.717, 1.165) is 17.5 Å². The smallest absolute Gasteiger partial charge is 0.0439 e. The van der Waals surface area contributed by atoms with Crippen LogP contribution in [0.5, 0.6) is 0 Å². The number of pyridine rings is 1. The van der Waals surface area contributed by atoms with Crippen molar-refractivity contribution in [2.45, 2.75) is 18.9 Å². The Morgan fingerprint density at radius 1 is 1.17 bits per heavy atom. The third-order valence-electron chi connectivity index (χ3n) is 2.71. The zero-order valence-electron chi connectivity index (χ0n) is 9.81. The van der Waals surface area contributed by atoms with Crippen molar-refractivity contribution in [3.8, 4) is 0 Å². The fourth-order valence-electron chi connectivity index (χ4n) is 1.88. The summed E-state index contributed by atoms with van der Waals surface area (Å²) in [6.07, 6.45) is 5.06. The molecule has 4 heteroatoms. The van der Waals surface area contributed by atoms with E-state index in [9.17, 15) is 0 Å². The van der Waals surface area contributed by atoms with Crippen molar-refractivity contribution in [1.29, 1.82) is 0 Å². The maximum Gasteiger partial charge on any atom is 0.0439 e. The molecule has 2 rings (SSSR count). The number of hydrogen-bond donors (Lipinski definition) is 1. The fourth-order valence-corrected chi connectivity index (χ4v) is 2.27. The molecule has 0 aliphatic heterocycles. The molecule has 0 fully saturated rings. The first-order chi connectivity index (χ1) is 8.65. The fraction of sp³-hybridized carbons (Fsp3) is 0.214. The van der Waals surface area contributed by atoms with Crippen molar-refractivity contribution in [3.63, 3.8) is 0 Å². The summed E-state index contributed by atoms with van der Waals surface area (Å²) >= 11 is 12.1. The molecule has 2 nitrogen and oxygen atoms in total. The lowest BCUT2D eigenvalue weighted by atomic mass is 10.0. The number of rotatable bonds is 4. The summed E-state index contributed by atoms with van der Waals surface area (Å²) in [4.78, 5) is 4.07. The van der Waals surface area contributed by atoms with Gasteiger partial charge in [0, 0.05) is 28.5 Å². The van der Waals surface area contributed by atoms with E-state index in [4.69, 9.17) is 28.9 Å². The van der Waals surface area contributed by atoms with Crippen LogP contribution in [-0.4, -0.2) is 11.0 Å². The summed E-state index contributed by atoms with van der Waals surface area (Å²) < 4.78 is 0. The van der Waals surface area contributed by atoms with Gasteiger partial charge in [0.15, 0.2) is 0 Å². The third kappa shape index (κ3) is 3.70. The van der Waals surface area contributed by atoms with Crippen molar-refractivity contribution >= 4 is 23.2 Å². The van der Waals surface area contributed by atoms with Gasteiger partial charge in [-0.2, -0.15) is 0 Å². The van der Waals surface area contributed by atoms with Gasteiger partial charge in [-0.05, 0) is 48.2 Å². The van der Waals surface area contributed by atoms with Crippen molar-refractivity contribution in [3.05, 3.63) is 63.9 Å². The van der Waals surface area contributed by atoms with Gasteiger partial charge in [-0.25, -0.2) is 0 Å². The maximum atomic E-state index is 6.13. The van der Waals surface area contributed by atoms with Crippen molar-refractivity contribution < 1.29 is 0 Å². The number of nitrogens with zero attached hydrogens (tertiary/aromatic N) is 1. The van der Waals surface area contributed by atoms with Crippen molar-refractivity contribution in [2.24, 2.45) is 5.73 Å². The van der Waals surface area contributed by atoms with Gasteiger partial charge >= 0.3 is 0 Å². The topological polar surface area (TPSA) is 38.9 Å². The highest BCUT2D eigenvalue weighted by Crippen LogP contribution is 2.22.